The second-order valence-corrected chi connectivity index (χ2v) is 8.77. The van der Waals surface area contributed by atoms with E-state index in [2.05, 4.69) is 10.3 Å². The number of amides is 1. The van der Waals surface area contributed by atoms with Crippen LogP contribution in [0.15, 0.2) is 23.0 Å². The molecule has 2 aromatic rings. The van der Waals surface area contributed by atoms with Crippen LogP contribution in [0.4, 0.5) is 0 Å². The smallest absolute Gasteiger partial charge is 0.338 e. The molecule has 1 aliphatic carbocycles. The lowest BCUT2D eigenvalue weighted by molar-refractivity contribution is -0.130. The molecule has 0 saturated heterocycles. The predicted molar refractivity (Wildman–Crippen MR) is 118 cm³/mol. The van der Waals surface area contributed by atoms with Gasteiger partial charge in [-0.05, 0) is 50.8 Å². The zero-order chi connectivity index (χ0) is 21.8. The minimum atomic E-state index is -0.875. The van der Waals surface area contributed by atoms with Gasteiger partial charge in [-0.3, -0.25) is 14.2 Å². The molecule has 1 amide bonds. The molecule has 1 aromatic carbocycles. The summed E-state index contributed by atoms with van der Waals surface area (Å²) in [5.74, 6) is -0.0661. The molecular weight excluding hydrogens is 394 g/mol. The van der Waals surface area contributed by atoms with Crippen LogP contribution in [0.3, 0.4) is 0 Å². The zero-order valence-corrected chi connectivity index (χ0v) is 18.2. The quantitative estimate of drug-likeness (QED) is 0.757. The van der Waals surface area contributed by atoms with Crippen LogP contribution in [0, 0.1) is 0 Å². The topological polar surface area (TPSA) is 90.3 Å². The highest BCUT2D eigenvalue weighted by atomic mass is 16.5. The molecule has 2 heterocycles. The van der Waals surface area contributed by atoms with Crippen LogP contribution in [0.25, 0.3) is 10.9 Å². The van der Waals surface area contributed by atoms with Gasteiger partial charge < -0.3 is 10.1 Å². The fourth-order valence-electron chi connectivity index (χ4n) is 4.57. The van der Waals surface area contributed by atoms with Gasteiger partial charge in [0.2, 0.25) is 0 Å². The van der Waals surface area contributed by atoms with Crippen LogP contribution in [0.5, 0.6) is 0 Å². The van der Waals surface area contributed by atoms with Crippen molar-refractivity contribution in [1.82, 2.24) is 14.9 Å². The van der Waals surface area contributed by atoms with E-state index in [1.165, 1.54) is 6.42 Å². The SMILES string of the molecule is C[C@@H](OC(=O)c1ccc2c(=O)n3c(nc2c1)CCCCCC3)C(=O)NC1CCCCC1. The minimum Gasteiger partial charge on any atom is -0.449 e. The summed E-state index contributed by atoms with van der Waals surface area (Å²) >= 11 is 0. The number of rotatable bonds is 4. The van der Waals surface area contributed by atoms with Crippen molar-refractivity contribution >= 4 is 22.8 Å². The Hall–Kier alpha value is -2.70. The van der Waals surface area contributed by atoms with Crippen molar-refractivity contribution in [3.05, 3.63) is 39.9 Å². The number of esters is 1. The Kier molecular flexibility index (Phi) is 6.68. The van der Waals surface area contributed by atoms with E-state index in [0.717, 1.165) is 63.6 Å². The van der Waals surface area contributed by atoms with Crippen molar-refractivity contribution in [2.45, 2.75) is 89.8 Å². The van der Waals surface area contributed by atoms with E-state index in [9.17, 15) is 14.4 Å². The van der Waals surface area contributed by atoms with Crippen molar-refractivity contribution < 1.29 is 14.3 Å². The molecule has 0 spiro atoms. The predicted octanol–water partition coefficient (Wildman–Crippen LogP) is 3.51. The summed E-state index contributed by atoms with van der Waals surface area (Å²) in [6.45, 7) is 2.28. The van der Waals surface area contributed by atoms with Crippen LogP contribution in [-0.4, -0.2) is 33.6 Å². The van der Waals surface area contributed by atoms with Gasteiger partial charge in [0.15, 0.2) is 6.10 Å². The number of hydrogen-bond donors (Lipinski definition) is 1. The first kappa shape index (κ1) is 21.5. The van der Waals surface area contributed by atoms with Crippen molar-refractivity contribution in [1.29, 1.82) is 0 Å². The molecule has 1 aromatic heterocycles. The van der Waals surface area contributed by atoms with Gasteiger partial charge in [0, 0.05) is 19.0 Å². The highest BCUT2D eigenvalue weighted by molar-refractivity contribution is 5.95. The fraction of sp³-hybridized carbons (Fsp3) is 0.583. The van der Waals surface area contributed by atoms with Crippen molar-refractivity contribution in [2.24, 2.45) is 0 Å². The number of hydrogen-bond acceptors (Lipinski definition) is 5. The molecule has 31 heavy (non-hydrogen) atoms. The van der Waals surface area contributed by atoms with E-state index in [1.807, 2.05) is 0 Å². The molecule has 0 bridgehead atoms. The number of carbonyl (C=O) groups excluding carboxylic acids is 2. The second kappa shape index (κ2) is 9.62. The number of nitrogens with one attached hydrogen (secondary N) is 1. The summed E-state index contributed by atoms with van der Waals surface area (Å²) in [6, 6.07) is 4.99. The number of benzene rings is 1. The third-order valence-electron chi connectivity index (χ3n) is 6.41. The average molecular weight is 426 g/mol. The molecule has 1 N–H and O–H groups in total. The Labute approximate surface area is 182 Å². The number of aromatic nitrogens is 2. The summed E-state index contributed by atoms with van der Waals surface area (Å²) in [5.41, 5.74) is 0.750. The van der Waals surface area contributed by atoms with Gasteiger partial charge in [0.1, 0.15) is 5.82 Å². The number of nitrogens with zero attached hydrogens (tertiary/aromatic N) is 2. The summed E-state index contributed by atoms with van der Waals surface area (Å²) in [5, 5.41) is 3.49. The van der Waals surface area contributed by atoms with Gasteiger partial charge in [-0.1, -0.05) is 32.1 Å². The molecule has 2 aliphatic rings. The lowest BCUT2D eigenvalue weighted by atomic mass is 9.95. The van der Waals surface area contributed by atoms with Crippen LogP contribution < -0.4 is 10.9 Å². The molecule has 4 rings (SSSR count). The Morgan fingerprint density at radius 1 is 1.10 bits per heavy atom. The summed E-state index contributed by atoms with van der Waals surface area (Å²) in [4.78, 5) is 42.7. The van der Waals surface area contributed by atoms with E-state index in [1.54, 1.807) is 29.7 Å². The average Bonchev–Trinajstić information content (AvgIpc) is 2.75. The lowest BCUT2D eigenvalue weighted by Crippen LogP contribution is -2.42. The number of ether oxygens (including phenoxy) is 1. The Morgan fingerprint density at radius 3 is 2.65 bits per heavy atom. The normalized spacial score (nSPS) is 18.5. The molecular formula is C24H31N3O4. The molecule has 7 nitrogen and oxygen atoms in total. The molecule has 1 saturated carbocycles. The summed E-state index contributed by atoms with van der Waals surface area (Å²) in [7, 11) is 0. The van der Waals surface area contributed by atoms with Crippen molar-refractivity contribution in [3.63, 3.8) is 0 Å². The monoisotopic (exact) mass is 425 g/mol. The third-order valence-corrected chi connectivity index (χ3v) is 6.41. The first-order valence-electron chi connectivity index (χ1n) is 11.6. The van der Waals surface area contributed by atoms with Crippen LogP contribution in [-0.2, 0) is 22.5 Å². The minimum absolute atomic E-state index is 0.0537. The highest BCUT2D eigenvalue weighted by Crippen LogP contribution is 2.19. The van der Waals surface area contributed by atoms with E-state index < -0.39 is 12.1 Å². The molecule has 0 radical (unpaired) electrons. The maximum absolute atomic E-state index is 12.9. The van der Waals surface area contributed by atoms with Crippen molar-refractivity contribution in [2.75, 3.05) is 0 Å². The molecule has 7 heteroatoms. The Bertz CT molecular complexity index is 1020. The number of aryl methyl sites for hydroxylation is 1. The maximum Gasteiger partial charge on any atom is 0.338 e. The van der Waals surface area contributed by atoms with Crippen LogP contribution in [0.2, 0.25) is 0 Å². The first-order valence-corrected chi connectivity index (χ1v) is 11.6. The zero-order valence-electron chi connectivity index (χ0n) is 18.2. The lowest BCUT2D eigenvalue weighted by Gasteiger charge is -2.24. The van der Waals surface area contributed by atoms with E-state index in [-0.39, 0.29) is 17.5 Å². The van der Waals surface area contributed by atoms with Crippen LogP contribution in [0.1, 0.15) is 80.9 Å². The number of fused-ring (bicyclic) bond motifs is 2. The van der Waals surface area contributed by atoms with Gasteiger partial charge in [-0.2, -0.15) is 0 Å². The molecule has 1 atom stereocenters. The Morgan fingerprint density at radius 2 is 1.84 bits per heavy atom. The van der Waals surface area contributed by atoms with E-state index in [4.69, 9.17) is 4.74 Å². The van der Waals surface area contributed by atoms with Crippen molar-refractivity contribution in [3.8, 4) is 0 Å². The highest BCUT2D eigenvalue weighted by Gasteiger charge is 2.23. The Balaban J connectivity index is 1.49. The first-order chi connectivity index (χ1) is 15.0. The molecule has 166 valence electrons. The fourth-order valence-corrected chi connectivity index (χ4v) is 4.57. The van der Waals surface area contributed by atoms with Gasteiger partial charge >= 0.3 is 5.97 Å². The van der Waals surface area contributed by atoms with E-state index in [0.29, 0.717) is 23.0 Å². The number of carbonyl (C=O) groups is 2. The second-order valence-electron chi connectivity index (χ2n) is 8.77. The summed E-state index contributed by atoms with van der Waals surface area (Å²) in [6.07, 6.45) is 9.53. The molecule has 1 fully saturated rings. The maximum atomic E-state index is 12.9. The summed E-state index contributed by atoms with van der Waals surface area (Å²) < 4.78 is 7.18. The van der Waals surface area contributed by atoms with Gasteiger partial charge in [0.05, 0.1) is 16.5 Å². The van der Waals surface area contributed by atoms with Gasteiger partial charge in [-0.25, -0.2) is 9.78 Å². The van der Waals surface area contributed by atoms with Gasteiger partial charge in [-0.15, -0.1) is 0 Å². The standard InChI is InChI=1S/C24H31N3O4/c1-16(22(28)25-18-9-5-4-6-10-18)31-24(30)17-12-13-19-20(15-17)26-21-11-7-2-3-8-14-27(21)23(19)29/h12-13,15-16,18H,2-11,14H2,1H3,(H,25,28)/t16-/m1/s1. The molecule has 0 unspecified atom stereocenters. The van der Waals surface area contributed by atoms with Crippen LogP contribution >= 0.6 is 0 Å². The molecule has 1 aliphatic heterocycles. The largest absolute Gasteiger partial charge is 0.449 e. The third kappa shape index (κ3) is 4.97. The van der Waals surface area contributed by atoms with E-state index >= 15 is 0 Å². The van der Waals surface area contributed by atoms with Gasteiger partial charge in [0.25, 0.3) is 11.5 Å².